The first-order valence-corrected chi connectivity index (χ1v) is 9.59. The van der Waals surface area contributed by atoms with Gasteiger partial charge in [0.15, 0.2) is 0 Å². The van der Waals surface area contributed by atoms with Gasteiger partial charge in [0.05, 0.1) is 6.04 Å². The molecule has 0 bridgehead atoms. The molecular formula is C25H23NO2. The highest BCUT2D eigenvalue weighted by molar-refractivity contribution is 5.70. The van der Waals surface area contributed by atoms with E-state index in [-0.39, 0.29) is 18.7 Å². The molecule has 1 aliphatic rings. The van der Waals surface area contributed by atoms with Crippen molar-refractivity contribution in [3.8, 4) is 0 Å². The molecule has 0 spiro atoms. The molecule has 0 fully saturated rings. The fourth-order valence-electron chi connectivity index (χ4n) is 3.58. The molecule has 0 unspecified atom stereocenters. The van der Waals surface area contributed by atoms with Crippen molar-refractivity contribution in [2.75, 3.05) is 6.54 Å². The van der Waals surface area contributed by atoms with Crippen LogP contribution < -0.4 is 0 Å². The zero-order valence-electron chi connectivity index (χ0n) is 15.7. The van der Waals surface area contributed by atoms with E-state index in [1.807, 2.05) is 59.5 Å². The summed E-state index contributed by atoms with van der Waals surface area (Å²) in [5.74, 6) is 0. The van der Waals surface area contributed by atoms with Crippen LogP contribution in [0.4, 0.5) is 4.79 Å². The molecule has 3 nitrogen and oxygen atoms in total. The van der Waals surface area contributed by atoms with E-state index in [0.29, 0.717) is 6.54 Å². The van der Waals surface area contributed by atoms with Crippen LogP contribution in [0.1, 0.15) is 28.3 Å². The van der Waals surface area contributed by atoms with Crippen molar-refractivity contribution < 1.29 is 9.53 Å². The molecule has 3 heteroatoms. The molecule has 0 saturated carbocycles. The average molecular weight is 369 g/mol. The number of rotatable bonds is 4. The summed E-state index contributed by atoms with van der Waals surface area (Å²) >= 11 is 0. The molecule has 0 aliphatic carbocycles. The Balaban J connectivity index is 1.56. The van der Waals surface area contributed by atoms with E-state index in [4.69, 9.17) is 4.74 Å². The quantitative estimate of drug-likeness (QED) is 0.596. The maximum Gasteiger partial charge on any atom is 0.410 e. The Labute approximate surface area is 165 Å². The lowest BCUT2D eigenvalue weighted by Gasteiger charge is -2.35. The summed E-state index contributed by atoms with van der Waals surface area (Å²) in [5, 5.41) is 0. The molecule has 28 heavy (non-hydrogen) atoms. The molecule has 0 aromatic heterocycles. The number of hydrogen-bond acceptors (Lipinski definition) is 2. The number of carbonyl (C=O) groups excluding carboxylic acids is 1. The average Bonchev–Trinajstić information content (AvgIpc) is 2.77. The van der Waals surface area contributed by atoms with Crippen molar-refractivity contribution in [1.82, 2.24) is 4.90 Å². The molecule has 0 radical (unpaired) electrons. The van der Waals surface area contributed by atoms with Crippen molar-refractivity contribution in [1.29, 1.82) is 0 Å². The second-order valence-electron chi connectivity index (χ2n) is 6.90. The van der Waals surface area contributed by atoms with Gasteiger partial charge in [-0.3, -0.25) is 4.90 Å². The number of amides is 1. The van der Waals surface area contributed by atoms with Crippen LogP contribution in [0.25, 0.3) is 6.08 Å². The molecule has 3 aromatic carbocycles. The minimum atomic E-state index is -0.277. The van der Waals surface area contributed by atoms with Gasteiger partial charge >= 0.3 is 6.09 Å². The second-order valence-corrected chi connectivity index (χ2v) is 6.90. The predicted octanol–water partition coefficient (Wildman–Crippen LogP) is 5.64. The summed E-state index contributed by atoms with van der Waals surface area (Å²) in [6.45, 7) is 0.932. The summed E-state index contributed by atoms with van der Waals surface area (Å²) in [5.41, 5.74) is 4.56. The van der Waals surface area contributed by atoms with E-state index < -0.39 is 0 Å². The summed E-state index contributed by atoms with van der Waals surface area (Å²) in [6, 6.07) is 28.1. The Morgan fingerprint density at radius 2 is 1.61 bits per heavy atom. The van der Waals surface area contributed by atoms with E-state index in [9.17, 15) is 4.79 Å². The van der Waals surface area contributed by atoms with Crippen LogP contribution in [0.3, 0.4) is 0 Å². The predicted molar refractivity (Wildman–Crippen MR) is 112 cm³/mol. The minimum Gasteiger partial charge on any atom is -0.445 e. The van der Waals surface area contributed by atoms with Crippen molar-refractivity contribution in [3.05, 3.63) is 113 Å². The van der Waals surface area contributed by atoms with E-state index in [0.717, 1.165) is 23.1 Å². The van der Waals surface area contributed by atoms with Gasteiger partial charge in [-0.15, -0.1) is 0 Å². The first-order chi connectivity index (χ1) is 13.8. The highest BCUT2D eigenvalue weighted by atomic mass is 16.6. The summed E-state index contributed by atoms with van der Waals surface area (Å²) in [4.78, 5) is 14.7. The lowest BCUT2D eigenvalue weighted by atomic mass is 9.92. The van der Waals surface area contributed by atoms with Crippen molar-refractivity contribution in [2.45, 2.75) is 19.1 Å². The van der Waals surface area contributed by atoms with Gasteiger partial charge in [-0.2, -0.15) is 0 Å². The monoisotopic (exact) mass is 369 g/mol. The zero-order valence-corrected chi connectivity index (χ0v) is 15.7. The molecule has 1 atom stereocenters. The van der Waals surface area contributed by atoms with Crippen LogP contribution in [-0.4, -0.2) is 17.5 Å². The zero-order chi connectivity index (χ0) is 19.2. The third kappa shape index (κ3) is 4.15. The normalized spacial score (nSPS) is 16.0. The van der Waals surface area contributed by atoms with Crippen LogP contribution in [0, 0.1) is 0 Å². The van der Waals surface area contributed by atoms with Gasteiger partial charge in [0, 0.05) is 6.54 Å². The lowest BCUT2D eigenvalue weighted by molar-refractivity contribution is 0.0850. The number of hydrogen-bond donors (Lipinski definition) is 0. The van der Waals surface area contributed by atoms with Gasteiger partial charge in [0.1, 0.15) is 6.61 Å². The van der Waals surface area contributed by atoms with Crippen molar-refractivity contribution in [3.63, 3.8) is 0 Å². The third-order valence-electron chi connectivity index (χ3n) is 5.04. The van der Waals surface area contributed by atoms with Crippen LogP contribution in [0.15, 0.2) is 91.0 Å². The first-order valence-electron chi connectivity index (χ1n) is 9.59. The Bertz CT molecular complexity index is 951. The number of carbonyl (C=O) groups is 1. The Morgan fingerprint density at radius 3 is 2.39 bits per heavy atom. The Kier molecular flexibility index (Phi) is 5.53. The summed E-state index contributed by atoms with van der Waals surface area (Å²) in [6.07, 6.45) is 4.73. The van der Waals surface area contributed by atoms with Crippen LogP contribution >= 0.6 is 0 Å². The molecule has 1 amide bonds. The molecule has 3 aromatic rings. The largest absolute Gasteiger partial charge is 0.445 e. The molecule has 0 saturated heterocycles. The van der Waals surface area contributed by atoms with Gasteiger partial charge in [0.25, 0.3) is 0 Å². The van der Waals surface area contributed by atoms with Gasteiger partial charge in [-0.05, 0) is 28.7 Å². The highest BCUT2D eigenvalue weighted by Crippen LogP contribution is 2.32. The van der Waals surface area contributed by atoms with Crippen molar-refractivity contribution in [2.24, 2.45) is 0 Å². The van der Waals surface area contributed by atoms with E-state index in [2.05, 4.69) is 42.5 Å². The van der Waals surface area contributed by atoms with E-state index in [1.165, 1.54) is 5.56 Å². The second kappa shape index (κ2) is 8.57. The fourth-order valence-corrected chi connectivity index (χ4v) is 3.58. The maximum absolute atomic E-state index is 12.9. The van der Waals surface area contributed by atoms with Gasteiger partial charge < -0.3 is 4.74 Å². The molecule has 4 rings (SSSR count). The molecule has 140 valence electrons. The van der Waals surface area contributed by atoms with Crippen LogP contribution in [0.5, 0.6) is 0 Å². The summed E-state index contributed by atoms with van der Waals surface area (Å²) < 4.78 is 5.62. The summed E-state index contributed by atoms with van der Waals surface area (Å²) in [7, 11) is 0. The SMILES string of the molecule is O=C(OCc1ccccc1)N1CCc2ccccc2[C@@H]1/C=C/c1ccccc1. The molecule has 1 heterocycles. The highest BCUT2D eigenvalue weighted by Gasteiger charge is 2.29. The number of benzene rings is 3. The van der Waals surface area contributed by atoms with E-state index >= 15 is 0 Å². The van der Waals surface area contributed by atoms with Gasteiger partial charge in [0.2, 0.25) is 0 Å². The number of fused-ring (bicyclic) bond motifs is 1. The number of nitrogens with zero attached hydrogens (tertiary/aromatic N) is 1. The fraction of sp³-hybridized carbons (Fsp3) is 0.160. The maximum atomic E-state index is 12.9. The Hall–Kier alpha value is -3.33. The number of ether oxygens (including phenoxy) is 1. The Morgan fingerprint density at radius 1 is 0.929 bits per heavy atom. The minimum absolute atomic E-state index is 0.131. The molecule has 0 N–H and O–H groups in total. The lowest BCUT2D eigenvalue weighted by Crippen LogP contribution is -2.39. The topological polar surface area (TPSA) is 29.5 Å². The first kappa shape index (κ1) is 18.1. The van der Waals surface area contributed by atoms with Gasteiger partial charge in [-0.25, -0.2) is 4.79 Å². The van der Waals surface area contributed by atoms with Gasteiger partial charge in [-0.1, -0.05) is 97.1 Å². The van der Waals surface area contributed by atoms with Crippen molar-refractivity contribution >= 4 is 12.2 Å². The third-order valence-corrected chi connectivity index (χ3v) is 5.04. The van der Waals surface area contributed by atoms with Crippen LogP contribution in [-0.2, 0) is 17.8 Å². The molecule has 1 aliphatic heterocycles. The smallest absolute Gasteiger partial charge is 0.410 e. The standard InChI is InChI=1S/C25H23NO2/c27-25(28-19-21-11-5-2-6-12-21)26-18-17-22-13-7-8-14-23(22)24(26)16-15-20-9-3-1-4-10-20/h1-16,24H,17-19H2/b16-15+/t24-/m0/s1. The van der Waals surface area contributed by atoms with E-state index in [1.54, 1.807) is 0 Å². The van der Waals surface area contributed by atoms with Crippen LogP contribution in [0.2, 0.25) is 0 Å². The molecular weight excluding hydrogens is 346 g/mol.